The maximum atomic E-state index is 11.5. The maximum Gasteiger partial charge on any atom is 0.136 e. The van der Waals surface area contributed by atoms with Crippen molar-refractivity contribution in [1.29, 1.82) is 0 Å². The van der Waals surface area contributed by atoms with Gasteiger partial charge < -0.3 is 0 Å². The minimum atomic E-state index is 0.407. The first-order chi connectivity index (χ1) is 5.68. The number of fused-ring (bicyclic) bond motifs is 2. The molecule has 3 saturated carbocycles. The zero-order chi connectivity index (χ0) is 8.77. The van der Waals surface area contributed by atoms with Gasteiger partial charge in [0.05, 0.1) is 0 Å². The third-order valence-corrected chi connectivity index (χ3v) is 4.17. The van der Waals surface area contributed by atoms with E-state index in [1.165, 1.54) is 25.7 Å². The summed E-state index contributed by atoms with van der Waals surface area (Å²) >= 11 is 0. The molecule has 3 aliphatic rings. The number of ketones is 1. The van der Waals surface area contributed by atoms with Crippen LogP contribution in [0.2, 0.25) is 0 Å². The lowest BCUT2D eigenvalue weighted by molar-refractivity contribution is -0.152. The van der Waals surface area contributed by atoms with Gasteiger partial charge in [-0.05, 0) is 30.6 Å². The first kappa shape index (κ1) is 8.28. The minimum Gasteiger partial charge on any atom is -0.299 e. The zero-order valence-corrected chi connectivity index (χ0v) is 8.10. The summed E-state index contributed by atoms with van der Waals surface area (Å²) in [6.45, 7) is 4.55. The van der Waals surface area contributed by atoms with Crippen LogP contribution in [0.15, 0.2) is 0 Å². The number of hydrogen-bond donors (Lipinski definition) is 0. The van der Waals surface area contributed by atoms with Crippen molar-refractivity contribution in [1.82, 2.24) is 0 Å². The van der Waals surface area contributed by atoms with E-state index in [0.29, 0.717) is 17.1 Å². The molecule has 0 radical (unpaired) electrons. The lowest BCUT2D eigenvalue weighted by Gasteiger charge is -2.57. The molecule has 0 aromatic rings. The van der Waals surface area contributed by atoms with E-state index in [0.717, 1.165) is 12.3 Å². The van der Waals surface area contributed by atoms with Crippen LogP contribution < -0.4 is 0 Å². The van der Waals surface area contributed by atoms with E-state index in [2.05, 4.69) is 13.8 Å². The summed E-state index contributed by atoms with van der Waals surface area (Å²) in [5, 5.41) is 0. The number of carbonyl (C=O) groups excluding carboxylic acids is 1. The van der Waals surface area contributed by atoms with Crippen molar-refractivity contribution in [2.45, 2.75) is 46.0 Å². The molecular weight excluding hydrogens is 148 g/mol. The Hall–Kier alpha value is -0.330. The van der Waals surface area contributed by atoms with Crippen molar-refractivity contribution in [2.75, 3.05) is 0 Å². The Labute approximate surface area is 74.5 Å². The summed E-state index contributed by atoms with van der Waals surface area (Å²) < 4.78 is 0. The van der Waals surface area contributed by atoms with Gasteiger partial charge >= 0.3 is 0 Å². The van der Waals surface area contributed by atoms with E-state index in [9.17, 15) is 4.79 Å². The second-order valence-electron chi connectivity index (χ2n) is 4.75. The summed E-state index contributed by atoms with van der Waals surface area (Å²) in [4.78, 5) is 11.5. The molecular formula is C11H18O. The molecule has 68 valence electrons. The van der Waals surface area contributed by atoms with Crippen LogP contribution >= 0.6 is 0 Å². The first-order valence-electron chi connectivity index (χ1n) is 5.21. The lowest BCUT2D eigenvalue weighted by Crippen LogP contribution is -2.54. The molecule has 3 atom stereocenters. The highest BCUT2D eigenvalue weighted by Crippen LogP contribution is 2.60. The molecule has 3 fully saturated rings. The van der Waals surface area contributed by atoms with Crippen LogP contribution in [0.4, 0.5) is 0 Å². The van der Waals surface area contributed by atoms with Crippen LogP contribution in [-0.2, 0) is 4.79 Å². The summed E-state index contributed by atoms with van der Waals surface area (Å²) in [5.41, 5.74) is 0.407. The van der Waals surface area contributed by atoms with Gasteiger partial charge in [-0.15, -0.1) is 0 Å². The molecule has 0 aromatic heterocycles. The highest BCUT2D eigenvalue weighted by atomic mass is 16.1. The molecule has 3 aliphatic carbocycles. The van der Waals surface area contributed by atoms with Crippen molar-refractivity contribution in [3.8, 4) is 0 Å². The SMILES string of the molecule is CCCC1(C)C2CCC(=O)C1C2. The van der Waals surface area contributed by atoms with Crippen LogP contribution in [0.25, 0.3) is 0 Å². The van der Waals surface area contributed by atoms with E-state index in [1.807, 2.05) is 0 Å². The van der Waals surface area contributed by atoms with Gasteiger partial charge in [0.2, 0.25) is 0 Å². The second-order valence-corrected chi connectivity index (χ2v) is 4.75. The van der Waals surface area contributed by atoms with Gasteiger partial charge in [-0.25, -0.2) is 0 Å². The van der Waals surface area contributed by atoms with Crippen LogP contribution in [0.1, 0.15) is 46.0 Å². The monoisotopic (exact) mass is 166 g/mol. The number of Topliss-reactive ketones (excluding diaryl/α,β-unsaturated/α-hetero) is 1. The Kier molecular flexibility index (Phi) is 1.78. The van der Waals surface area contributed by atoms with Gasteiger partial charge in [0.1, 0.15) is 5.78 Å². The van der Waals surface area contributed by atoms with Gasteiger partial charge in [0.15, 0.2) is 0 Å². The van der Waals surface area contributed by atoms with Crippen LogP contribution in [0, 0.1) is 17.3 Å². The normalized spacial score (nSPS) is 45.7. The highest BCUT2D eigenvalue weighted by molar-refractivity contribution is 5.84. The van der Waals surface area contributed by atoms with Crippen molar-refractivity contribution in [2.24, 2.45) is 17.3 Å². The molecule has 0 aromatic carbocycles. The molecule has 1 heteroatoms. The molecule has 3 rings (SSSR count). The van der Waals surface area contributed by atoms with Gasteiger partial charge in [0, 0.05) is 12.3 Å². The summed E-state index contributed by atoms with van der Waals surface area (Å²) in [6, 6.07) is 0. The average molecular weight is 166 g/mol. The second kappa shape index (κ2) is 2.58. The molecule has 0 aliphatic heterocycles. The van der Waals surface area contributed by atoms with Crippen LogP contribution in [-0.4, -0.2) is 5.78 Å². The molecule has 0 heterocycles. The Balaban J connectivity index is 2.12. The van der Waals surface area contributed by atoms with Gasteiger partial charge in [0.25, 0.3) is 0 Å². The molecule has 1 nitrogen and oxygen atoms in total. The number of rotatable bonds is 2. The average Bonchev–Trinajstić information content (AvgIpc) is 2.04. The molecule has 12 heavy (non-hydrogen) atoms. The number of hydrogen-bond acceptors (Lipinski definition) is 1. The predicted octanol–water partition coefficient (Wildman–Crippen LogP) is 2.79. The van der Waals surface area contributed by atoms with Crippen molar-refractivity contribution in [3.63, 3.8) is 0 Å². The van der Waals surface area contributed by atoms with E-state index < -0.39 is 0 Å². The van der Waals surface area contributed by atoms with Crippen LogP contribution in [0.3, 0.4) is 0 Å². The first-order valence-corrected chi connectivity index (χ1v) is 5.21. The molecule has 3 unspecified atom stereocenters. The smallest absolute Gasteiger partial charge is 0.136 e. The lowest BCUT2D eigenvalue weighted by atomic mass is 9.46. The standard InChI is InChI=1S/C11H18O/c1-3-6-11(2)8-4-5-10(12)9(11)7-8/h8-9H,3-7H2,1-2H3. The fourth-order valence-corrected chi connectivity index (χ4v) is 3.30. The fourth-order valence-electron chi connectivity index (χ4n) is 3.30. The topological polar surface area (TPSA) is 17.1 Å². The Bertz CT molecular complexity index is 207. The maximum absolute atomic E-state index is 11.5. The third kappa shape index (κ3) is 0.884. The zero-order valence-electron chi connectivity index (χ0n) is 8.10. The summed E-state index contributed by atoms with van der Waals surface area (Å²) in [5.74, 6) is 1.87. The van der Waals surface area contributed by atoms with Crippen molar-refractivity contribution >= 4 is 5.78 Å². The largest absolute Gasteiger partial charge is 0.299 e. The summed E-state index contributed by atoms with van der Waals surface area (Å²) in [6.07, 6.45) is 5.74. The van der Waals surface area contributed by atoms with Crippen molar-refractivity contribution < 1.29 is 4.79 Å². The quantitative estimate of drug-likeness (QED) is 0.616. The molecule has 2 bridgehead atoms. The molecule has 0 saturated heterocycles. The van der Waals surface area contributed by atoms with E-state index in [4.69, 9.17) is 0 Å². The van der Waals surface area contributed by atoms with Gasteiger partial charge in [-0.3, -0.25) is 4.79 Å². The van der Waals surface area contributed by atoms with Crippen LogP contribution in [0.5, 0.6) is 0 Å². The molecule has 0 amide bonds. The van der Waals surface area contributed by atoms with E-state index in [-0.39, 0.29) is 0 Å². The Morgan fingerprint density at radius 2 is 2.33 bits per heavy atom. The predicted molar refractivity (Wildman–Crippen MR) is 48.9 cm³/mol. The van der Waals surface area contributed by atoms with E-state index >= 15 is 0 Å². The van der Waals surface area contributed by atoms with Crippen molar-refractivity contribution in [3.05, 3.63) is 0 Å². The fraction of sp³-hybridized carbons (Fsp3) is 0.909. The Morgan fingerprint density at radius 3 is 2.83 bits per heavy atom. The van der Waals surface area contributed by atoms with Gasteiger partial charge in [-0.1, -0.05) is 20.3 Å². The molecule has 0 spiro atoms. The number of carbonyl (C=O) groups is 1. The Morgan fingerprint density at radius 1 is 1.58 bits per heavy atom. The van der Waals surface area contributed by atoms with E-state index in [1.54, 1.807) is 0 Å². The summed E-state index contributed by atoms with van der Waals surface area (Å²) in [7, 11) is 0. The highest BCUT2D eigenvalue weighted by Gasteiger charge is 2.56. The van der Waals surface area contributed by atoms with Gasteiger partial charge in [-0.2, -0.15) is 0 Å². The third-order valence-electron chi connectivity index (χ3n) is 4.17. The minimum absolute atomic E-state index is 0.407. The molecule has 0 N–H and O–H groups in total.